The van der Waals surface area contributed by atoms with Crippen molar-refractivity contribution in [3.8, 4) is 6.07 Å². The number of nitrogens with zero attached hydrogens (tertiary/aromatic N) is 5. The Morgan fingerprint density at radius 1 is 1.23 bits per heavy atom. The molecule has 5 rings (SSSR count). The first-order valence-electron chi connectivity index (χ1n) is 11.0. The van der Waals surface area contributed by atoms with Gasteiger partial charge < -0.3 is 10.6 Å². The van der Waals surface area contributed by atoms with Crippen LogP contribution in [0.5, 0.6) is 0 Å². The summed E-state index contributed by atoms with van der Waals surface area (Å²) in [6.45, 7) is 4.97. The molecule has 0 aromatic carbocycles. The molecular weight excluding hydrogens is 408 g/mol. The number of rotatable bonds is 6. The van der Waals surface area contributed by atoms with Crippen LogP contribution in [0.4, 0.5) is 17.6 Å². The lowest BCUT2D eigenvalue weighted by molar-refractivity contribution is 0.198. The molecule has 0 saturated carbocycles. The van der Waals surface area contributed by atoms with Gasteiger partial charge in [-0.15, -0.1) is 11.3 Å². The highest BCUT2D eigenvalue weighted by atomic mass is 32.1. The lowest BCUT2D eigenvalue weighted by Gasteiger charge is -2.27. The zero-order chi connectivity index (χ0) is 21.4. The Kier molecular flexibility index (Phi) is 5.50. The van der Waals surface area contributed by atoms with Gasteiger partial charge in [0, 0.05) is 42.9 Å². The molecule has 3 aromatic heterocycles. The third-order valence-corrected chi connectivity index (χ3v) is 7.63. The topological polar surface area (TPSA) is 106 Å². The average molecular weight is 437 g/mol. The van der Waals surface area contributed by atoms with Gasteiger partial charge in [-0.3, -0.25) is 10.00 Å². The van der Waals surface area contributed by atoms with Crippen LogP contribution in [0, 0.1) is 25.2 Å². The van der Waals surface area contributed by atoms with Crippen LogP contribution in [0.2, 0.25) is 0 Å². The minimum absolute atomic E-state index is 0.344. The van der Waals surface area contributed by atoms with Crippen molar-refractivity contribution in [2.75, 3.05) is 17.2 Å². The number of nitrogens with one attached hydrogen (secondary N) is 3. The van der Waals surface area contributed by atoms with Gasteiger partial charge in [0.05, 0.1) is 16.3 Å². The number of H-pyrrole nitrogens is 1. The maximum absolute atomic E-state index is 9.01. The van der Waals surface area contributed by atoms with Crippen LogP contribution in [0.3, 0.4) is 0 Å². The molecule has 0 spiro atoms. The fourth-order valence-electron chi connectivity index (χ4n) is 5.06. The third kappa shape index (κ3) is 4.10. The highest BCUT2D eigenvalue weighted by molar-refractivity contribution is 7.18. The summed E-state index contributed by atoms with van der Waals surface area (Å²) in [5, 5.41) is 25.4. The van der Waals surface area contributed by atoms with E-state index in [-0.39, 0.29) is 0 Å². The molecule has 2 saturated heterocycles. The van der Waals surface area contributed by atoms with Crippen molar-refractivity contribution in [3.05, 3.63) is 22.7 Å². The van der Waals surface area contributed by atoms with Gasteiger partial charge in [0.25, 0.3) is 0 Å². The maximum Gasteiger partial charge on any atom is 0.225 e. The summed E-state index contributed by atoms with van der Waals surface area (Å²) in [5.74, 6) is 2.23. The number of nitriles is 1. The second-order valence-electron chi connectivity index (χ2n) is 8.74. The number of hydrogen-bond donors (Lipinski definition) is 3. The van der Waals surface area contributed by atoms with Gasteiger partial charge in [0.1, 0.15) is 0 Å². The van der Waals surface area contributed by atoms with Crippen molar-refractivity contribution in [2.24, 2.45) is 0 Å². The number of aromatic nitrogens is 4. The van der Waals surface area contributed by atoms with Crippen molar-refractivity contribution in [3.63, 3.8) is 0 Å². The highest BCUT2D eigenvalue weighted by Crippen LogP contribution is 2.36. The first-order chi connectivity index (χ1) is 15.1. The molecule has 3 N–H and O–H groups in total. The van der Waals surface area contributed by atoms with E-state index in [2.05, 4.69) is 44.1 Å². The van der Waals surface area contributed by atoms with Crippen LogP contribution in [-0.2, 0) is 0 Å². The number of hydrogen-bond acceptors (Lipinski definition) is 8. The van der Waals surface area contributed by atoms with E-state index < -0.39 is 0 Å². The number of aryl methyl sites for hydroxylation is 2. The molecule has 0 radical (unpaired) electrons. The molecular formula is C22H28N8S. The molecule has 3 atom stereocenters. The van der Waals surface area contributed by atoms with E-state index in [0.717, 1.165) is 58.9 Å². The monoisotopic (exact) mass is 436 g/mol. The van der Waals surface area contributed by atoms with Crippen molar-refractivity contribution >= 4 is 39.1 Å². The van der Waals surface area contributed by atoms with Crippen molar-refractivity contribution in [2.45, 2.75) is 70.5 Å². The van der Waals surface area contributed by atoms with Crippen molar-refractivity contribution < 1.29 is 0 Å². The Morgan fingerprint density at radius 2 is 2.06 bits per heavy atom. The standard InChI is InChI=1S/C22H28N8S/c1-13-12-31-20-19(13)26-22(27-21(20)25-18-10-14(2)28-29-18)24-15-4-5-16-6-7-17(11-15)30(16)9-3-8-23/h10,12,15-17H,3-7,9,11H2,1-2H3,(H3,24,25,26,27,28,29)/t15-,16?,17+/m1/s1. The molecule has 8 nitrogen and oxygen atoms in total. The summed E-state index contributed by atoms with van der Waals surface area (Å²) in [4.78, 5) is 12.3. The molecule has 5 heterocycles. The second kappa shape index (κ2) is 8.44. The van der Waals surface area contributed by atoms with Crippen LogP contribution in [0.15, 0.2) is 11.4 Å². The van der Waals surface area contributed by atoms with E-state index in [1.54, 1.807) is 11.3 Å². The van der Waals surface area contributed by atoms with Gasteiger partial charge in [-0.05, 0) is 56.9 Å². The number of anilines is 3. The summed E-state index contributed by atoms with van der Waals surface area (Å²) in [7, 11) is 0. The lowest BCUT2D eigenvalue weighted by atomic mass is 9.97. The van der Waals surface area contributed by atoms with Crippen LogP contribution in [0.1, 0.15) is 49.8 Å². The number of thiophene rings is 1. The Labute approximate surface area is 186 Å². The molecule has 2 bridgehead atoms. The SMILES string of the molecule is Cc1cc(Nc2nc(N[C@@H]3CCC4CC[C@@H](C3)N4CCC#N)nc3c(C)csc23)n[nH]1. The van der Waals surface area contributed by atoms with E-state index in [0.29, 0.717) is 30.5 Å². The normalized spacial score (nSPS) is 23.6. The Hall–Kier alpha value is -2.70. The predicted octanol–water partition coefficient (Wildman–Crippen LogP) is 4.49. The van der Waals surface area contributed by atoms with E-state index >= 15 is 0 Å². The Morgan fingerprint density at radius 3 is 2.87 bits per heavy atom. The minimum atomic E-state index is 0.344. The molecule has 2 fully saturated rings. The summed E-state index contributed by atoms with van der Waals surface area (Å²) in [5.41, 5.74) is 3.15. The van der Waals surface area contributed by atoms with E-state index in [9.17, 15) is 0 Å². The molecule has 31 heavy (non-hydrogen) atoms. The molecule has 2 aliphatic heterocycles. The molecule has 162 valence electrons. The lowest BCUT2D eigenvalue weighted by Crippen LogP contribution is -2.36. The molecule has 0 amide bonds. The fraction of sp³-hybridized carbons (Fsp3) is 0.545. The van der Waals surface area contributed by atoms with E-state index in [1.807, 2.05) is 13.0 Å². The summed E-state index contributed by atoms with van der Waals surface area (Å²) in [6.07, 6.45) is 6.45. The van der Waals surface area contributed by atoms with Crippen molar-refractivity contribution in [1.29, 1.82) is 5.26 Å². The van der Waals surface area contributed by atoms with Gasteiger partial charge in [-0.2, -0.15) is 15.3 Å². The molecule has 0 aliphatic carbocycles. The summed E-state index contributed by atoms with van der Waals surface area (Å²) in [6, 6.07) is 5.80. The van der Waals surface area contributed by atoms with Gasteiger partial charge in [-0.25, -0.2) is 4.98 Å². The fourth-order valence-corrected chi connectivity index (χ4v) is 5.99. The van der Waals surface area contributed by atoms with Crippen LogP contribution >= 0.6 is 11.3 Å². The largest absolute Gasteiger partial charge is 0.351 e. The first kappa shape index (κ1) is 20.2. The highest BCUT2D eigenvalue weighted by Gasteiger charge is 2.37. The zero-order valence-corrected chi connectivity index (χ0v) is 18.8. The van der Waals surface area contributed by atoms with Gasteiger partial charge in [0.15, 0.2) is 11.6 Å². The van der Waals surface area contributed by atoms with Crippen LogP contribution < -0.4 is 10.6 Å². The second-order valence-corrected chi connectivity index (χ2v) is 9.62. The van der Waals surface area contributed by atoms with Crippen LogP contribution in [-0.4, -0.2) is 49.7 Å². The summed E-state index contributed by atoms with van der Waals surface area (Å²) < 4.78 is 1.05. The number of aromatic amines is 1. The quantitative estimate of drug-likeness (QED) is 0.523. The maximum atomic E-state index is 9.01. The smallest absolute Gasteiger partial charge is 0.225 e. The van der Waals surface area contributed by atoms with Gasteiger partial charge in [0.2, 0.25) is 5.95 Å². The van der Waals surface area contributed by atoms with Crippen molar-refractivity contribution in [1.82, 2.24) is 25.1 Å². The summed E-state index contributed by atoms with van der Waals surface area (Å²) >= 11 is 1.66. The van der Waals surface area contributed by atoms with Gasteiger partial charge in [-0.1, -0.05) is 0 Å². The van der Waals surface area contributed by atoms with E-state index in [4.69, 9.17) is 15.2 Å². The molecule has 9 heteroatoms. The molecule has 1 unspecified atom stereocenters. The van der Waals surface area contributed by atoms with E-state index in [1.165, 1.54) is 12.8 Å². The molecule has 3 aromatic rings. The van der Waals surface area contributed by atoms with Crippen LogP contribution in [0.25, 0.3) is 10.2 Å². The zero-order valence-electron chi connectivity index (χ0n) is 18.0. The minimum Gasteiger partial charge on any atom is -0.351 e. The third-order valence-electron chi connectivity index (χ3n) is 6.54. The first-order valence-corrected chi connectivity index (χ1v) is 11.9. The average Bonchev–Trinajstić information content (AvgIpc) is 3.40. The number of fused-ring (bicyclic) bond motifs is 3. The molecule has 2 aliphatic rings. The predicted molar refractivity (Wildman–Crippen MR) is 124 cm³/mol. The Balaban J connectivity index is 1.38. The van der Waals surface area contributed by atoms with Gasteiger partial charge >= 0.3 is 0 Å². The Bertz CT molecular complexity index is 1110.